The Morgan fingerprint density at radius 2 is 2.36 bits per heavy atom. The van der Waals surface area contributed by atoms with E-state index in [0.29, 0.717) is 5.41 Å². The molecule has 0 amide bonds. The maximum atomic E-state index is 3.82. The first kappa shape index (κ1) is 11.7. The van der Waals surface area contributed by atoms with Gasteiger partial charge in [0.1, 0.15) is 0 Å². The van der Waals surface area contributed by atoms with Crippen LogP contribution in [0.2, 0.25) is 0 Å². The zero-order valence-electron chi connectivity index (χ0n) is 9.68. The van der Waals surface area contributed by atoms with Crippen molar-refractivity contribution in [3.05, 3.63) is 12.7 Å². The molecule has 82 valence electrons. The summed E-state index contributed by atoms with van der Waals surface area (Å²) in [4.78, 5) is 2.51. The van der Waals surface area contributed by atoms with Crippen molar-refractivity contribution in [2.24, 2.45) is 5.41 Å². The van der Waals surface area contributed by atoms with Crippen LogP contribution in [0.3, 0.4) is 0 Å². The number of nitrogens with zero attached hydrogens (tertiary/aromatic N) is 1. The fourth-order valence-electron chi connectivity index (χ4n) is 2.28. The van der Waals surface area contributed by atoms with Crippen LogP contribution in [0.4, 0.5) is 0 Å². The molecule has 14 heavy (non-hydrogen) atoms. The molecule has 1 aliphatic heterocycles. The second-order valence-corrected chi connectivity index (χ2v) is 4.76. The molecule has 0 radical (unpaired) electrons. The van der Waals surface area contributed by atoms with Gasteiger partial charge in [0.15, 0.2) is 0 Å². The third kappa shape index (κ3) is 3.43. The normalized spacial score (nSPS) is 27.1. The molecule has 1 heterocycles. The smallest absolute Gasteiger partial charge is 0.0160 e. The van der Waals surface area contributed by atoms with E-state index in [0.717, 1.165) is 6.54 Å². The summed E-state index contributed by atoms with van der Waals surface area (Å²) in [5, 5.41) is 3.45. The van der Waals surface area contributed by atoms with E-state index in [2.05, 4.69) is 30.6 Å². The first-order chi connectivity index (χ1) is 6.70. The minimum atomic E-state index is 0.484. The second-order valence-electron chi connectivity index (χ2n) is 4.76. The molecule has 0 aromatic rings. The van der Waals surface area contributed by atoms with Gasteiger partial charge in [0.2, 0.25) is 0 Å². The molecule has 2 heteroatoms. The molecule has 1 rings (SSSR count). The Hall–Kier alpha value is -0.340. The molecule has 0 aromatic carbocycles. The highest BCUT2D eigenvalue weighted by atomic mass is 15.1. The van der Waals surface area contributed by atoms with E-state index in [1.54, 1.807) is 0 Å². The number of nitrogens with one attached hydrogen (secondary N) is 1. The molecular formula is C12H24N2. The molecule has 0 bridgehead atoms. The standard InChI is InChI=1S/C12H24N2/c1-4-8-14(9-5-2)11-12(3)6-7-13-10-12/h4,13H,1,5-11H2,2-3H3. The molecule has 1 saturated heterocycles. The maximum absolute atomic E-state index is 3.82. The van der Waals surface area contributed by atoms with Crippen LogP contribution in [-0.4, -0.2) is 37.6 Å². The molecule has 2 nitrogen and oxygen atoms in total. The van der Waals surface area contributed by atoms with Gasteiger partial charge in [-0.15, -0.1) is 6.58 Å². The lowest BCUT2D eigenvalue weighted by atomic mass is 9.89. The van der Waals surface area contributed by atoms with Crippen molar-refractivity contribution in [1.82, 2.24) is 10.2 Å². The summed E-state index contributed by atoms with van der Waals surface area (Å²) >= 11 is 0. The molecule has 0 saturated carbocycles. The molecule has 0 spiro atoms. The summed E-state index contributed by atoms with van der Waals surface area (Å²) in [6, 6.07) is 0. The number of hydrogen-bond donors (Lipinski definition) is 1. The van der Waals surface area contributed by atoms with Crippen molar-refractivity contribution < 1.29 is 0 Å². The van der Waals surface area contributed by atoms with Gasteiger partial charge in [0, 0.05) is 19.6 Å². The van der Waals surface area contributed by atoms with Crippen molar-refractivity contribution in [2.75, 3.05) is 32.7 Å². The average molecular weight is 196 g/mol. The van der Waals surface area contributed by atoms with Gasteiger partial charge < -0.3 is 5.32 Å². The highest BCUT2D eigenvalue weighted by Crippen LogP contribution is 2.25. The Labute approximate surface area is 88.4 Å². The van der Waals surface area contributed by atoms with E-state index < -0.39 is 0 Å². The average Bonchev–Trinajstić information content (AvgIpc) is 2.53. The minimum Gasteiger partial charge on any atom is -0.316 e. The Kier molecular flexibility index (Phi) is 4.63. The zero-order chi connectivity index (χ0) is 10.4. The Morgan fingerprint density at radius 3 is 2.86 bits per heavy atom. The molecule has 1 N–H and O–H groups in total. The minimum absolute atomic E-state index is 0.484. The van der Waals surface area contributed by atoms with Gasteiger partial charge in [-0.25, -0.2) is 0 Å². The van der Waals surface area contributed by atoms with Crippen LogP contribution >= 0.6 is 0 Å². The second kappa shape index (κ2) is 5.52. The van der Waals surface area contributed by atoms with E-state index in [1.165, 1.54) is 39.0 Å². The van der Waals surface area contributed by atoms with E-state index in [1.807, 2.05) is 6.08 Å². The van der Waals surface area contributed by atoms with Gasteiger partial charge >= 0.3 is 0 Å². The van der Waals surface area contributed by atoms with Gasteiger partial charge in [-0.1, -0.05) is 19.9 Å². The highest BCUT2D eigenvalue weighted by Gasteiger charge is 2.29. The summed E-state index contributed by atoms with van der Waals surface area (Å²) in [6.45, 7) is 14.2. The lowest BCUT2D eigenvalue weighted by Gasteiger charge is -2.31. The molecule has 1 aliphatic rings. The van der Waals surface area contributed by atoms with Crippen molar-refractivity contribution >= 4 is 0 Å². The monoisotopic (exact) mass is 196 g/mol. The van der Waals surface area contributed by atoms with Gasteiger partial charge in [-0.2, -0.15) is 0 Å². The Morgan fingerprint density at radius 1 is 1.57 bits per heavy atom. The number of rotatable bonds is 6. The molecule has 1 unspecified atom stereocenters. The topological polar surface area (TPSA) is 15.3 Å². The predicted octanol–water partition coefficient (Wildman–Crippen LogP) is 1.88. The summed E-state index contributed by atoms with van der Waals surface area (Å²) in [6.07, 6.45) is 4.56. The van der Waals surface area contributed by atoms with Crippen LogP contribution in [0.25, 0.3) is 0 Å². The van der Waals surface area contributed by atoms with Crippen LogP contribution in [0.1, 0.15) is 26.7 Å². The largest absolute Gasteiger partial charge is 0.316 e. The fourth-order valence-corrected chi connectivity index (χ4v) is 2.28. The summed E-state index contributed by atoms with van der Waals surface area (Å²) in [5.74, 6) is 0. The van der Waals surface area contributed by atoms with Crippen LogP contribution in [0.5, 0.6) is 0 Å². The van der Waals surface area contributed by atoms with Crippen molar-refractivity contribution in [3.63, 3.8) is 0 Å². The highest BCUT2D eigenvalue weighted by molar-refractivity contribution is 4.88. The van der Waals surface area contributed by atoms with Gasteiger partial charge in [-0.05, 0) is 31.3 Å². The molecule has 1 atom stereocenters. The van der Waals surface area contributed by atoms with E-state index in [-0.39, 0.29) is 0 Å². The van der Waals surface area contributed by atoms with E-state index >= 15 is 0 Å². The summed E-state index contributed by atoms with van der Waals surface area (Å²) < 4.78 is 0. The SMILES string of the molecule is C=CCN(CCC)CC1(C)CCNC1. The summed E-state index contributed by atoms with van der Waals surface area (Å²) in [5.41, 5.74) is 0.484. The Bertz CT molecular complexity index is 171. The molecule has 1 fully saturated rings. The third-order valence-corrected chi connectivity index (χ3v) is 2.99. The maximum Gasteiger partial charge on any atom is 0.0160 e. The fraction of sp³-hybridized carbons (Fsp3) is 0.833. The van der Waals surface area contributed by atoms with Crippen LogP contribution in [0, 0.1) is 5.41 Å². The van der Waals surface area contributed by atoms with E-state index in [9.17, 15) is 0 Å². The first-order valence-electron chi connectivity index (χ1n) is 5.74. The lowest BCUT2D eigenvalue weighted by Crippen LogP contribution is -2.37. The first-order valence-corrected chi connectivity index (χ1v) is 5.74. The van der Waals surface area contributed by atoms with Crippen LogP contribution < -0.4 is 5.32 Å². The quantitative estimate of drug-likeness (QED) is 0.653. The number of hydrogen-bond acceptors (Lipinski definition) is 2. The van der Waals surface area contributed by atoms with Gasteiger partial charge in [0.25, 0.3) is 0 Å². The molecule has 0 aliphatic carbocycles. The van der Waals surface area contributed by atoms with E-state index in [4.69, 9.17) is 0 Å². The van der Waals surface area contributed by atoms with Gasteiger partial charge in [0.05, 0.1) is 0 Å². The van der Waals surface area contributed by atoms with Crippen LogP contribution in [-0.2, 0) is 0 Å². The van der Waals surface area contributed by atoms with Crippen molar-refractivity contribution in [2.45, 2.75) is 26.7 Å². The van der Waals surface area contributed by atoms with Crippen molar-refractivity contribution in [1.29, 1.82) is 0 Å². The molecular weight excluding hydrogens is 172 g/mol. The summed E-state index contributed by atoms with van der Waals surface area (Å²) in [7, 11) is 0. The van der Waals surface area contributed by atoms with Crippen molar-refractivity contribution in [3.8, 4) is 0 Å². The molecule has 0 aromatic heterocycles. The van der Waals surface area contributed by atoms with Gasteiger partial charge in [-0.3, -0.25) is 4.90 Å². The lowest BCUT2D eigenvalue weighted by molar-refractivity contribution is 0.192. The zero-order valence-corrected chi connectivity index (χ0v) is 9.68. The predicted molar refractivity (Wildman–Crippen MR) is 62.5 cm³/mol. The van der Waals surface area contributed by atoms with Crippen LogP contribution in [0.15, 0.2) is 12.7 Å². The Balaban J connectivity index is 2.40. The third-order valence-electron chi connectivity index (χ3n) is 2.99.